The largest absolute Gasteiger partial charge is 0.459 e. The highest BCUT2D eigenvalue weighted by Crippen LogP contribution is 2.47. The molecule has 6 heteroatoms. The number of allylic oxidation sites excluding steroid dienone is 6. The van der Waals surface area contributed by atoms with Gasteiger partial charge in [0.15, 0.2) is 5.71 Å². The van der Waals surface area contributed by atoms with Gasteiger partial charge in [0, 0.05) is 34.5 Å². The van der Waals surface area contributed by atoms with Crippen molar-refractivity contribution in [1.82, 2.24) is 0 Å². The van der Waals surface area contributed by atoms with E-state index in [1.165, 1.54) is 0 Å². The van der Waals surface area contributed by atoms with Gasteiger partial charge in [-0.05, 0) is 42.7 Å². The van der Waals surface area contributed by atoms with Gasteiger partial charge in [0.1, 0.15) is 19.8 Å². The molecule has 248 valence electrons. The Morgan fingerprint density at radius 1 is 0.653 bits per heavy atom. The molecule has 0 aromatic heterocycles. The van der Waals surface area contributed by atoms with E-state index in [1.54, 1.807) is 0 Å². The summed E-state index contributed by atoms with van der Waals surface area (Å²) in [5.74, 6) is -0.569. The van der Waals surface area contributed by atoms with Gasteiger partial charge < -0.3 is 14.4 Å². The second kappa shape index (κ2) is 14.3. The highest BCUT2D eigenvalue weighted by molar-refractivity contribution is 6.03. The summed E-state index contributed by atoms with van der Waals surface area (Å²) in [7, 11) is 0. The molecule has 0 bridgehead atoms. The van der Waals surface area contributed by atoms with Crippen molar-refractivity contribution in [2.75, 3.05) is 18.0 Å². The first-order chi connectivity index (χ1) is 23.7. The number of ether oxygens (including phenoxy) is 2. The van der Waals surface area contributed by atoms with E-state index in [0.717, 1.165) is 45.0 Å². The van der Waals surface area contributed by atoms with E-state index >= 15 is 0 Å². The maximum Gasteiger partial charge on any atom is 0.373 e. The van der Waals surface area contributed by atoms with Gasteiger partial charge in [0.05, 0.1) is 5.41 Å². The first kappa shape index (κ1) is 33.4. The zero-order chi connectivity index (χ0) is 34.4. The lowest BCUT2D eigenvalue weighted by Crippen LogP contribution is -2.31. The molecule has 0 fully saturated rings. The van der Waals surface area contributed by atoms with Crippen LogP contribution in [-0.4, -0.2) is 35.3 Å². The molecule has 2 aliphatic heterocycles. The number of benzene rings is 4. The second-order valence-corrected chi connectivity index (χ2v) is 13.4. The maximum atomic E-state index is 13.1. The minimum Gasteiger partial charge on any atom is -0.459 e. The van der Waals surface area contributed by atoms with Crippen LogP contribution in [0.4, 0.5) is 11.4 Å². The smallest absolute Gasteiger partial charge is 0.373 e. The van der Waals surface area contributed by atoms with Gasteiger partial charge in [-0.15, -0.1) is 0 Å². The molecule has 49 heavy (non-hydrogen) atoms. The number of nitrogens with zero attached hydrogens (tertiary/aromatic N) is 2. The number of anilines is 1. The monoisotopic (exact) mass is 651 g/mol. The fraction of sp³-hybridized carbons (Fsp3) is 0.233. The van der Waals surface area contributed by atoms with Gasteiger partial charge in [-0.1, -0.05) is 129 Å². The van der Waals surface area contributed by atoms with Crippen LogP contribution in [0.15, 0.2) is 145 Å². The molecular formula is C43H43N2O4+. The molecule has 0 N–H and O–H groups in total. The minimum atomic E-state index is -0.314. The standard InChI is InChI=1S/C43H43N2O4/c1-42(2)34-22-14-16-24-36(34)44(28-40(46)48-30-32-18-8-5-9-19-32)38(42)26-12-7-13-27-39-43(3,4)35-23-15-17-25-37(35)45(39)29-41(47)49-31-33-20-10-6-11-21-33/h5-27H,28-31H2,1-4H3/q+1. The highest BCUT2D eigenvalue weighted by Gasteiger charge is 2.45. The van der Waals surface area contributed by atoms with Gasteiger partial charge >= 0.3 is 11.9 Å². The number of esters is 2. The molecule has 0 radical (unpaired) electrons. The number of carbonyl (C=O) groups excluding carboxylic acids is 2. The number of fused-ring (bicyclic) bond motifs is 2. The normalized spacial score (nSPS) is 16.7. The number of hydrogen-bond acceptors (Lipinski definition) is 5. The van der Waals surface area contributed by atoms with E-state index in [-0.39, 0.29) is 49.1 Å². The van der Waals surface area contributed by atoms with Gasteiger partial charge in [-0.3, -0.25) is 4.79 Å². The molecule has 6 rings (SSSR count). The maximum absolute atomic E-state index is 13.1. The van der Waals surface area contributed by atoms with Crippen LogP contribution in [-0.2, 0) is 43.1 Å². The Labute approximate surface area is 289 Å². The van der Waals surface area contributed by atoms with Crippen LogP contribution in [0.1, 0.15) is 49.9 Å². The molecule has 0 spiro atoms. The fourth-order valence-electron chi connectivity index (χ4n) is 6.81. The highest BCUT2D eigenvalue weighted by atomic mass is 16.5. The molecule has 4 aromatic carbocycles. The van der Waals surface area contributed by atoms with Crippen LogP contribution in [0.3, 0.4) is 0 Å². The van der Waals surface area contributed by atoms with E-state index < -0.39 is 0 Å². The second-order valence-electron chi connectivity index (χ2n) is 13.4. The van der Waals surface area contributed by atoms with Crippen molar-refractivity contribution < 1.29 is 23.6 Å². The molecule has 0 saturated heterocycles. The van der Waals surface area contributed by atoms with Crippen LogP contribution in [0.2, 0.25) is 0 Å². The Kier molecular flexibility index (Phi) is 9.77. The van der Waals surface area contributed by atoms with E-state index in [2.05, 4.69) is 73.6 Å². The molecule has 0 saturated carbocycles. The molecule has 4 aromatic rings. The van der Waals surface area contributed by atoms with E-state index in [9.17, 15) is 9.59 Å². The lowest BCUT2D eigenvalue weighted by atomic mass is 9.81. The Balaban J connectivity index is 1.22. The van der Waals surface area contributed by atoms with Crippen molar-refractivity contribution >= 4 is 29.0 Å². The van der Waals surface area contributed by atoms with Crippen LogP contribution < -0.4 is 4.90 Å². The Hall–Kier alpha value is -5.49. The molecule has 2 aliphatic rings. The van der Waals surface area contributed by atoms with Crippen molar-refractivity contribution in [1.29, 1.82) is 0 Å². The van der Waals surface area contributed by atoms with Crippen LogP contribution in [0.25, 0.3) is 0 Å². The Bertz CT molecular complexity index is 1950. The summed E-state index contributed by atoms with van der Waals surface area (Å²) >= 11 is 0. The van der Waals surface area contributed by atoms with Crippen LogP contribution in [0, 0.1) is 0 Å². The molecule has 0 amide bonds. The van der Waals surface area contributed by atoms with E-state index in [1.807, 2.05) is 103 Å². The average Bonchev–Trinajstić information content (AvgIpc) is 3.45. The summed E-state index contributed by atoms with van der Waals surface area (Å²) < 4.78 is 13.4. The zero-order valence-electron chi connectivity index (χ0n) is 28.6. The van der Waals surface area contributed by atoms with E-state index in [4.69, 9.17) is 9.47 Å². The summed E-state index contributed by atoms with van der Waals surface area (Å²) in [5, 5.41) is 0. The third kappa shape index (κ3) is 7.19. The summed E-state index contributed by atoms with van der Waals surface area (Å²) in [6.45, 7) is 9.43. The fourth-order valence-corrected chi connectivity index (χ4v) is 6.81. The van der Waals surface area contributed by atoms with Crippen molar-refractivity contribution in [2.24, 2.45) is 0 Å². The molecule has 0 aliphatic carbocycles. The first-order valence-corrected chi connectivity index (χ1v) is 16.7. The number of hydrogen-bond donors (Lipinski definition) is 0. The Morgan fingerprint density at radius 2 is 1.22 bits per heavy atom. The van der Waals surface area contributed by atoms with Crippen molar-refractivity contribution in [3.8, 4) is 0 Å². The predicted octanol–water partition coefficient (Wildman–Crippen LogP) is 8.34. The Morgan fingerprint density at radius 3 is 1.90 bits per heavy atom. The summed E-state index contributed by atoms with van der Waals surface area (Å²) in [6.07, 6.45) is 10.2. The molecule has 6 nitrogen and oxygen atoms in total. The summed E-state index contributed by atoms with van der Waals surface area (Å²) in [6, 6.07) is 35.9. The first-order valence-electron chi connectivity index (χ1n) is 16.7. The minimum absolute atomic E-state index is 0.114. The number of rotatable bonds is 11. The SMILES string of the molecule is CC1(C)C(/C=C/C=C/C=C2/N(CC(=O)OCc3ccccc3)c3ccccc3C2(C)C)=[N+](CC(=O)OCc2ccccc2)c2ccccc21. The summed E-state index contributed by atoms with van der Waals surface area (Å²) in [4.78, 5) is 28.2. The molecule has 0 unspecified atom stereocenters. The number of para-hydroxylation sites is 2. The van der Waals surface area contributed by atoms with Gasteiger partial charge in [0.25, 0.3) is 0 Å². The quantitative estimate of drug-likeness (QED) is 0.0927. The molecule has 2 heterocycles. The summed E-state index contributed by atoms with van der Waals surface area (Å²) in [5.41, 5.74) is 7.66. The third-order valence-corrected chi connectivity index (χ3v) is 9.39. The zero-order valence-corrected chi connectivity index (χ0v) is 28.6. The van der Waals surface area contributed by atoms with Crippen LogP contribution in [0.5, 0.6) is 0 Å². The van der Waals surface area contributed by atoms with Gasteiger partial charge in [-0.25, -0.2) is 4.79 Å². The van der Waals surface area contributed by atoms with Crippen molar-refractivity contribution in [2.45, 2.75) is 51.7 Å². The lowest BCUT2D eigenvalue weighted by Gasteiger charge is -2.26. The predicted molar refractivity (Wildman–Crippen MR) is 195 cm³/mol. The topological polar surface area (TPSA) is 58.9 Å². The van der Waals surface area contributed by atoms with Gasteiger partial charge in [-0.2, -0.15) is 4.58 Å². The third-order valence-electron chi connectivity index (χ3n) is 9.39. The van der Waals surface area contributed by atoms with E-state index in [0.29, 0.717) is 0 Å². The molecule has 0 atom stereocenters. The lowest BCUT2D eigenvalue weighted by molar-refractivity contribution is -0.428. The molecular weight excluding hydrogens is 608 g/mol. The van der Waals surface area contributed by atoms with Crippen LogP contribution >= 0.6 is 0 Å². The van der Waals surface area contributed by atoms with Crippen molar-refractivity contribution in [3.63, 3.8) is 0 Å². The average molecular weight is 652 g/mol. The van der Waals surface area contributed by atoms with Crippen molar-refractivity contribution in [3.05, 3.63) is 168 Å². The number of carbonyl (C=O) groups is 2. The van der Waals surface area contributed by atoms with Gasteiger partial charge in [0.2, 0.25) is 12.2 Å².